The Kier molecular flexibility index (Phi) is 4.66. The molecule has 1 aliphatic carbocycles. The first kappa shape index (κ1) is 16.6. The molecular weight excluding hydrogens is 280 g/mol. The minimum atomic E-state index is -0.524. The van der Waals surface area contributed by atoms with Gasteiger partial charge in [-0.25, -0.2) is 4.79 Å². The highest BCUT2D eigenvalue weighted by molar-refractivity contribution is 5.85. The highest BCUT2D eigenvalue weighted by Gasteiger charge is 2.39. The number of nitrogens with two attached hydrogens (primary N) is 1. The van der Waals surface area contributed by atoms with Gasteiger partial charge in [-0.15, -0.1) is 0 Å². The topological polar surface area (TPSA) is 73.6 Å². The van der Waals surface area contributed by atoms with Gasteiger partial charge in [0.2, 0.25) is 0 Å². The molecule has 1 saturated carbocycles. The zero-order valence-corrected chi connectivity index (χ0v) is 13.9. The van der Waals surface area contributed by atoms with Crippen molar-refractivity contribution in [1.82, 2.24) is 0 Å². The summed E-state index contributed by atoms with van der Waals surface area (Å²) in [5.74, 6) is 0.763. The Bertz CT molecular complexity index is 540. The van der Waals surface area contributed by atoms with Gasteiger partial charge in [-0.3, -0.25) is 5.32 Å². The van der Waals surface area contributed by atoms with E-state index in [1.54, 1.807) is 7.11 Å². The lowest BCUT2D eigenvalue weighted by molar-refractivity contribution is 0.0636. The van der Waals surface area contributed by atoms with Crippen LogP contribution in [-0.4, -0.2) is 25.3 Å². The molecule has 1 amide bonds. The van der Waals surface area contributed by atoms with Gasteiger partial charge in [0.1, 0.15) is 11.4 Å². The van der Waals surface area contributed by atoms with Crippen molar-refractivity contribution in [2.24, 2.45) is 5.73 Å². The number of anilines is 1. The maximum atomic E-state index is 11.8. The average Bonchev–Trinajstić information content (AvgIpc) is 2.37. The number of hydrogen-bond donors (Lipinski definition) is 2. The number of benzene rings is 1. The normalized spacial score (nSPS) is 16.6. The molecule has 122 valence electrons. The van der Waals surface area contributed by atoms with Crippen molar-refractivity contribution >= 4 is 11.8 Å². The van der Waals surface area contributed by atoms with Gasteiger partial charge >= 0.3 is 6.09 Å². The van der Waals surface area contributed by atoms with E-state index in [2.05, 4.69) is 5.32 Å². The molecule has 2 rings (SSSR count). The maximum absolute atomic E-state index is 11.8. The van der Waals surface area contributed by atoms with Crippen LogP contribution in [0.3, 0.4) is 0 Å². The van der Waals surface area contributed by atoms with Crippen molar-refractivity contribution in [2.75, 3.05) is 19.0 Å². The van der Waals surface area contributed by atoms with Crippen molar-refractivity contribution in [3.8, 4) is 5.75 Å². The summed E-state index contributed by atoms with van der Waals surface area (Å²) in [6.07, 6.45) is 2.88. The molecule has 5 heteroatoms. The summed E-state index contributed by atoms with van der Waals surface area (Å²) in [5, 5.41) is 2.73. The van der Waals surface area contributed by atoms with Gasteiger partial charge in [-0.2, -0.15) is 0 Å². The first-order valence-corrected chi connectivity index (χ1v) is 7.68. The third-order valence-corrected chi connectivity index (χ3v) is 4.12. The number of carbonyl (C=O) groups excluding carboxylic acids is 1. The number of methoxy groups -OCH3 is 1. The van der Waals surface area contributed by atoms with E-state index < -0.39 is 11.7 Å². The van der Waals surface area contributed by atoms with Crippen LogP contribution in [0.5, 0.6) is 5.75 Å². The zero-order valence-electron chi connectivity index (χ0n) is 13.9. The van der Waals surface area contributed by atoms with E-state index in [-0.39, 0.29) is 5.41 Å². The van der Waals surface area contributed by atoms with E-state index in [1.807, 2.05) is 39.0 Å². The van der Waals surface area contributed by atoms with E-state index in [4.69, 9.17) is 15.2 Å². The Hall–Kier alpha value is -1.75. The van der Waals surface area contributed by atoms with Crippen molar-refractivity contribution in [2.45, 2.75) is 51.0 Å². The molecule has 1 fully saturated rings. The monoisotopic (exact) mass is 306 g/mol. The largest absolute Gasteiger partial charge is 0.496 e. The zero-order chi connectivity index (χ0) is 16.4. The molecule has 0 spiro atoms. The molecule has 0 atom stereocenters. The lowest BCUT2D eigenvalue weighted by Gasteiger charge is -2.42. The number of carbonyl (C=O) groups is 1. The summed E-state index contributed by atoms with van der Waals surface area (Å²) in [6.45, 7) is 6.11. The maximum Gasteiger partial charge on any atom is 0.412 e. The molecule has 5 nitrogen and oxygen atoms in total. The molecule has 0 heterocycles. The summed E-state index contributed by atoms with van der Waals surface area (Å²) in [5.41, 5.74) is 7.24. The second-order valence-electron chi connectivity index (χ2n) is 6.88. The van der Waals surface area contributed by atoms with Crippen LogP contribution in [0, 0.1) is 0 Å². The fourth-order valence-electron chi connectivity index (χ4n) is 2.82. The Morgan fingerprint density at radius 3 is 2.50 bits per heavy atom. The molecule has 1 aromatic rings. The quantitative estimate of drug-likeness (QED) is 0.894. The van der Waals surface area contributed by atoms with Crippen LogP contribution in [0.15, 0.2) is 18.2 Å². The second kappa shape index (κ2) is 6.16. The van der Waals surface area contributed by atoms with Crippen molar-refractivity contribution in [3.05, 3.63) is 23.8 Å². The Morgan fingerprint density at radius 2 is 2.05 bits per heavy atom. The van der Waals surface area contributed by atoms with E-state index in [0.29, 0.717) is 12.2 Å². The standard InChI is InChI=1S/C17H26N2O3/c1-16(2,3)22-15(20)19-12-6-7-13(14(10-12)21-4)17(11-18)8-5-9-17/h6-7,10H,5,8-9,11,18H2,1-4H3,(H,19,20). The molecule has 0 unspecified atom stereocenters. The number of ether oxygens (including phenoxy) is 2. The summed E-state index contributed by atoms with van der Waals surface area (Å²) in [4.78, 5) is 11.8. The van der Waals surface area contributed by atoms with Gasteiger partial charge in [-0.05, 0) is 39.7 Å². The van der Waals surface area contributed by atoms with E-state index >= 15 is 0 Å². The Morgan fingerprint density at radius 1 is 1.36 bits per heavy atom. The lowest BCUT2D eigenvalue weighted by Crippen LogP contribution is -2.41. The average molecular weight is 306 g/mol. The number of amides is 1. The molecule has 0 bridgehead atoms. The number of nitrogens with one attached hydrogen (secondary N) is 1. The highest BCUT2D eigenvalue weighted by atomic mass is 16.6. The van der Waals surface area contributed by atoms with Gasteiger partial charge in [0.05, 0.1) is 7.11 Å². The van der Waals surface area contributed by atoms with Crippen LogP contribution in [0.2, 0.25) is 0 Å². The van der Waals surface area contributed by atoms with Gasteiger partial charge in [0.15, 0.2) is 0 Å². The predicted molar refractivity (Wildman–Crippen MR) is 87.4 cm³/mol. The van der Waals surface area contributed by atoms with Crippen LogP contribution < -0.4 is 15.8 Å². The van der Waals surface area contributed by atoms with Crippen LogP contribution in [0.1, 0.15) is 45.6 Å². The van der Waals surface area contributed by atoms with E-state index in [1.165, 1.54) is 6.42 Å². The van der Waals surface area contributed by atoms with Crippen LogP contribution in [-0.2, 0) is 10.2 Å². The molecule has 22 heavy (non-hydrogen) atoms. The molecule has 0 aromatic heterocycles. The van der Waals surface area contributed by atoms with Crippen molar-refractivity contribution in [3.63, 3.8) is 0 Å². The molecule has 3 N–H and O–H groups in total. The highest BCUT2D eigenvalue weighted by Crippen LogP contribution is 2.46. The summed E-state index contributed by atoms with van der Waals surface area (Å²) in [6, 6.07) is 5.70. The smallest absolute Gasteiger partial charge is 0.412 e. The van der Waals surface area contributed by atoms with Crippen molar-refractivity contribution < 1.29 is 14.3 Å². The van der Waals surface area contributed by atoms with E-state index in [0.717, 1.165) is 24.2 Å². The van der Waals surface area contributed by atoms with Crippen LogP contribution in [0.25, 0.3) is 0 Å². The molecule has 0 saturated heterocycles. The van der Waals surface area contributed by atoms with Gasteiger partial charge in [0, 0.05) is 29.3 Å². The number of hydrogen-bond acceptors (Lipinski definition) is 4. The van der Waals surface area contributed by atoms with Crippen molar-refractivity contribution in [1.29, 1.82) is 0 Å². The Labute approximate surface area is 132 Å². The third-order valence-electron chi connectivity index (χ3n) is 4.12. The lowest BCUT2D eigenvalue weighted by atomic mass is 9.64. The number of rotatable bonds is 4. The third kappa shape index (κ3) is 3.53. The second-order valence-corrected chi connectivity index (χ2v) is 6.88. The first-order valence-electron chi connectivity index (χ1n) is 7.68. The molecule has 1 aromatic carbocycles. The summed E-state index contributed by atoms with van der Waals surface area (Å²) < 4.78 is 10.8. The molecule has 0 radical (unpaired) electrons. The minimum absolute atomic E-state index is 0.0236. The first-order chi connectivity index (χ1) is 10.3. The predicted octanol–water partition coefficient (Wildman–Crippen LogP) is 3.42. The Balaban J connectivity index is 2.17. The van der Waals surface area contributed by atoms with Gasteiger partial charge in [0.25, 0.3) is 0 Å². The minimum Gasteiger partial charge on any atom is -0.496 e. The summed E-state index contributed by atoms with van der Waals surface area (Å²) >= 11 is 0. The van der Waals surface area contributed by atoms with Gasteiger partial charge in [-0.1, -0.05) is 12.5 Å². The fraction of sp³-hybridized carbons (Fsp3) is 0.588. The molecular formula is C17H26N2O3. The van der Waals surface area contributed by atoms with Gasteiger partial charge < -0.3 is 15.2 Å². The molecule has 1 aliphatic rings. The van der Waals surface area contributed by atoms with Crippen LogP contribution >= 0.6 is 0 Å². The van der Waals surface area contributed by atoms with E-state index in [9.17, 15) is 4.79 Å². The van der Waals surface area contributed by atoms with Crippen LogP contribution in [0.4, 0.5) is 10.5 Å². The molecule has 0 aliphatic heterocycles. The summed E-state index contributed by atoms with van der Waals surface area (Å²) in [7, 11) is 1.64. The SMILES string of the molecule is COc1cc(NC(=O)OC(C)(C)C)ccc1C1(CN)CCC1. The fourth-order valence-corrected chi connectivity index (χ4v) is 2.82.